The maximum Gasteiger partial charge on any atom is 0.254 e. The number of thiazole rings is 1. The van der Waals surface area contributed by atoms with Crippen LogP contribution < -0.4 is 10.1 Å². The minimum absolute atomic E-state index is 0.0455. The lowest BCUT2D eigenvalue weighted by molar-refractivity contribution is -0.131. The van der Waals surface area contributed by atoms with E-state index in [1.54, 1.807) is 22.3 Å². The third kappa shape index (κ3) is 14.1. The third-order valence-electron chi connectivity index (χ3n) is 7.36. The molecule has 0 spiro atoms. The van der Waals surface area contributed by atoms with E-state index in [0.29, 0.717) is 31.4 Å². The first-order chi connectivity index (χ1) is 21.8. The molecule has 45 heavy (non-hydrogen) atoms. The molecule has 2 atom stereocenters. The van der Waals surface area contributed by atoms with Crippen molar-refractivity contribution in [2.24, 2.45) is 5.92 Å². The Morgan fingerprint density at radius 2 is 1.84 bits per heavy atom. The molecule has 1 unspecified atom stereocenters. The number of amides is 2. The second kappa shape index (κ2) is 21.5. The molecule has 2 saturated heterocycles. The lowest BCUT2D eigenvalue weighted by Crippen LogP contribution is -2.33. The fourth-order valence-electron chi connectivity index (χ4n) is 4.89. The summed E-state index contributed by atoms with van der Waals surface area (Å²) in [6.07, 6.45) is 7.33. The van der Waals surface area contributed by atoms with E-state index < -0.39 is 0 Å². The van der Waals surface area contributed by atoms with Crippen LogP contribution in [0.5, 0.6) is 5.88 Å². The summed E-state index contributed by atoms with van der Waals surface area (Å²) in [6, 6.07) is 9.99. The van der Waals surface area contributed by atoms with Crippen molar-refractivity contribution in [3.05, 3.63) is 53.4 Å². The molecule has 0 saturated carbocycles. The largest absolute Gasteiger partial charge is 0.474 e. The van der Waals surface area contributed by atoms with Gasteiger partial charge in [0.05, 0.1) is 28.2 Å². The molecular weight excluding hydrogens is 590 g/mol. The third-order valence-corrected chi connectivity index (χ3v) is 8.33. The predicted molar refractivity (Wildman–Crippen MR) is 180 cm³/mol. The summed E-state index contributed by atoms with van der Waals surface area (Å²) in [6.45, 7) is 17.4. The lowest BCUT2D eigenvalue weighted by Gasteiger charge is -2.25. The van der Waals surface area contributed by atoms with E-state index in [-0.39, 0.29) is 18.1 Å². The zero-order valence-electron chi connectivity index (χ0n) is 27.9. The summed E-state index contributed by atoms with van der Waals surface area (Å²) in [7, 11) is 0. The van der Waals surface area contributed by atoms with Crippen LogP contribution in [0.3, 0.4) is 0 Å². The highest BCUT2D eigenvalue weighted by atomic mass is 32.1. The summed E-state index contributed by atoms with van der Waals surface area (Å²) in [5.74, 6) is 1.18. The predicted octanol–water partition coefficient (Wildman–Crippen LogP) is 6.12. The van der Waals surface area contributed by atoms with Crippen LogP contribution in [-0.4, -0.2) is 82.8 Å². The molecule has 11 heteroatoms. The van der Waals surface area contributed by atoms with Crippen molar-refractivity contribution in [2.45, 2.75) is 85.8 Å². The molecule has 1 aromatic carbocycles. The van der Waals surface area contributed by atoms with Gasteiger partial charge in [-0.25, -0.2) is 4.98 Å². The molecule has 2 fully saturated rings. The highest BCUT2D eigenvalue weighted by molar-refractivity contribution is 7.13. The molecule has 2 N–H and O–H groups in total. The number of carbonyl (C=O) groups excluding carboxylic acids is 2. The van der Waals surface area contributed by atoms with Crippen molar-refractivity contribution in [1.29, 1.82) is 0 Å². The van der Waals surface area contributed by atoms with E-state index in [0.717, 1.165) is 37.2 Å². The summed E-state index contributed by atoms with van der Waals surface area (Å²) in [5.41, 5.74) is 5.19. The smallest absolute Gasteiger partial charge is 0.254 e. The topological polar surface area (TPSA) is 121 Å². The zero-order valence-corrected chi connectivity index (χ0v) is 28.7. The van der Waals surface area contributed by atoms with Gasteiger partial charge in [-0.1, -0.05) is 58.4 Å². The fraction of sp³-hybridized carbons (Fsp3) is 0.588. The Kier molecular flexibility index (Phi) is 18.1. The second-order valence-corrected chi connectivity index (χ2v) is 12.2. The van der Waals surface area contributed by atoms with Gasteiger partial charge in [0.2, 0.25) is 12.3 Å². The van der Waals surface area contributed by atoms with Crippen molar-refractivity contribution in [3.63, 3.8) is 0 Å². The summed E-state index contributed by atoms with van der Waals surface area (Å²) >= 11 is 1.64. The standard InChI is InChI=1S/C13H14N2OS.C10H16N2O2.C9H17NO2.C2H6/c1-9(14-7-16)11-3-5-12(6-4-11)13-10(2)15-8-17-13;1-2-5-12(6-3-1)7-9-13-10-4-8-14-11-10;1-7(2)5-9(12)10-4-3-8(11)6-10;1-2/h3-9H,1-2H3,(H,14,16);4,8H,1-3,5-7,9H2;7-8,11H,3-6H2,1-2H3;1-2H3/t9-;;;/m0.../s1. The normalized spacial score (nSPS) is 16.7. The Morgan fingerprint density at radius 3 is 2.38 bits per heavy atom. The van der Waals surface area contributed by atoms with Crippen molar-refractivity contribution in [3.8, 4) is 16.3 Å². The fourth-order valence-corrected chi connectivity index (χ4v) is 5.70. The Hall–Kier alpha value is -3.28. The number of rotatable bonds is 10. The number of aryl methyl sites for hydroxylation is 1. The average Bonchev–Trinajstić information content (AvgIpc) is 3.82. The molecular formula is C34H53N5O5S. The number of aliphatic hydroxyl groups excluding tert-OH is 1. The minimum atomic E-state index is -0.291. The summed E-state index contributed by atoms with van der Waals surface area (Å²) in [4.78, 5) is 31.4. The van der Waals surface area contributed by atoms with Gasteiger partial charge in [-0.2, -0.15) is 0 Å². The van der Waals surface area contributed by atoms with Crippen molar-refractivity contribution < 1.29 is 24.0 Å². The van der Waals surface area contributed by atoms with Crippen LogP contribution in [0.4, 0.5) is 0 Å². The Morgan fingerprint density at radius 1 is 1.13 bits per heavy atom. The maximum absolute atomic E-state index is 11.4. The molecule has 0 aliphatic carbocycles. The van der Waals surface area contributed by atoms with Gasteiger partial charge in [0.25, 0.3) is 5.88 Å². The summed E-state index contributed by atoms with van der Waals surface area (Å²) < 4.78 is 10.1. The van der Waals surface area contributed by atoms with Crippen LogP contribution in [0.2, 0.25) is 0 Å². The number of ether oxygens (including phenoxy) is 1. The Balaban J connectivity index is 0.000000232. The highest BCUT2D eigenvalue weighted by Gasteiger charge is 2.24. The van der Waals surface area contributed by atoms with Gasteiger partial charge in [-0.3, -0.25) is 14.5 Å². The van der Waals surface area contributed by atoms with Crippen LogP contribution >= 0.6 is 11.3 Å². The molecule has 2 amide bonds. The molecule has 10 nitrogen and oxygen atoms in total. The number of piperidine rings is 1. The van der Waals surface area contributed by atoms with E-state index >= 15 is 0 Å². The minimum Gasteiger partial charge on any atom is -0.474 e. The quantitative estimate of drug-likeness (QED) is 0.254. The van der Waals surface area contributed by atoms with Gasteiger partial charge in [0, 0.05) is 32.1 Å². The number of aromatic nitrogens is 2. The first-order valence-corrected chi connectivity index (χ1v) is 17.1. The van der Waals surface area contributed by atoms with Crippen LogP contribution in [-0.2, 0) is 9.59 Å². The number of likely N-dealkylation sites (tertiary alicyclic amines) is 2. The van der Waals surface area contributed by atoms with E-state index in [2.05, 4.69) is 37.0 Å². The number of β-amino-alcohol motifs (C(OH)–C–C–N with tert-alkyl or cyclic N) is 1. The van der Waals surface area contributed by atoms with Crippen LogP contribution in [0.15, 0.2) is 46.6 Å². The van der Waals surface area contributed by atoms with Crippen molar-refractivity contribution in [1.82, 2.24) is 25.3 Å². The number of aliphatic hydroxyl groups is 1. The number of benzene rings is 1. The van der Waals surface area contributed by atoms with Crippen molar-refractivity contribution in [2.75, 3.05) is 39.3 Å². The Bertz CT molecular complexity index is 1200. The molecule has 250 valence electrons. The number of hydrogen-bond donors (Lipinski definition) is 2. The number of nitrogens with zero attached hydrogens (tertiary/aromatic N) is 4. The molecule has 3 aromatic rings. The van der Waals surface area contributed by atoms with Gasteiger partial charge in [0.15, 0.2) is 0 Å². The molecule has 0 radical (unpaired) electrons. The first-order valence-electron chi connectivity index (χ1n) is 16.2. The zero-order chi connectivity index (χ0) is 33.0. The molecule has 0 bridgehead atoms. The monoisotopic (exact) mass is 643 g/mol. The second-order valence-electron chi connectivity index (χ2n) is 11.4. The van der Waals surface area contributed by atoms with Gasteiger partial charge in [-0.15, -0.1) is 11.3 Å². The highest BCUT2D eigenvalue weighted by Crippen LogP contribution is 2.28. The Labute approximate surface area is 273 Å². The van der Waals surface area contributed by atoms with Crippen LogP contribution in [0, 0.1) is 12.8 Å². The maximum atomic E-state index is 11.4. The molecule has 5 rings (SSSR count). The molecule has 4 heterocycles. The van der Waals surface area contributed by atoms with Crippen molar-refractivity contribution >= 4 is 23.7 Å². The van der Waals surface area contributed by atoms with E-state index in [9.17, 15) is 14.7 Å². The number of nitrogens with one attached hydrogen (secondary N) is 1. The molecule has 2 aliphatic rings. The first kappa shape index (κ1) is 37.9. The number of carbonyl (C=O) groups is 2. The lowest BCUT2D eigenvalue weighted by atomic mass is 10.1. The van der Waals surface area contributed by atoms with Crippen LogP contribution in [0.1, 0.15) is 84.0 Å². The molecule has 2 aliphatic heterocycles. The van der Waals surface area contributed by atoms with Gasteiger partial charge >= 0.3 is 0 Å². The van der Waals surface area contributed by atoms with Crippen LogP contribution in [0.25, 0.3) is 10.4 Å². The van der Waals surface area contributed by atoms with Gasteiger partial charge in [-0.05, 0) is 68.4 Å². The average molecular weight is 644 g/mol. The van der Waals surface area contributed by atoms with E-state index in [1.165, 1.54) is 49.1 Å². The summed E-state index contributed by atoms with van der Waals surface area (Å²) in [5, 5.41) is 15.6. The number of hydrogen-bond acceptors (Lipinski definition) is 9. The van der Waals surface area contributed by atoms with E-state index in [4.69, 9.17) is 4.74 Å². The molecule has 2 aromatic heterocycles. The van der Waals surface area contributed by atoms with E-state index in [1.807, 2.05) is 59.2 Å². The van der Waals surface area contributed by atoms with Gasteiger partial charge in [0.1, 0.15) is 12.9 Å². The van der Waals surface area contributed by atoms with Gasteiger partial charge < -0.3 is 24.6 Å². The SMILES string of the molecule is CC.CC(C)CC(=O)N1CCC(O)C1.Cc1ncsc1-c1ccc([C@H](C)NC=O)cc1.c1cc(OCCN2CCCCC2)no1.